The quantitative estimate of drug-likeness (QED) is 0.640. The number of amides is 1. The van der Waals surface area contributed by atoms with Crippen molar-refractivity contribution < 1.29 is 14.3 Å². The molecule has 1 N–H and O–H groups in total. The summed E-state index contributed by atoms with van der Waals surface area (Å²) in [6.45, 7) is 6.68. The van der Waals surface area contributed by atoms with Crippen LogP contribution in [-0.2, 0) is 11.2 Å². The van der Waals surface area contributed by atoms with Gasteiger partial charge in [-0.2, -0.15) is 0 Å². The lowest BCUT2D eigenvalue weighted by molar-refractivity contribution is -0.121. The molecule has 28 heavy (non-hydrogen) atoms. The number of likely N-dealkylation sites (N-methyl/N-ethyl adjacent to an activating group) is 1. The molecule has 0 radical (unpaired) electrons. The molecule has 2 rings (SSSR count). The maximum atomic E-state index is 12.4. The third-order valence-corrected chi connectivity index (χ3v) is 5.00. The van der Waals surface area contributed by atoms with Crippen LogP contribution < -0.4 is 14.8 Å². The summed E-state index contributed by atoms with van der Waals surface area (Å²) in [6, 6.07) is 16.0. The first kappa shape index (κ1) is 21.8. The van der Waals surface area contributed by atoms with E-state index in [4.69, 9.17) is 9.47 Å². The Kier molecular flexibility index (Phi) is 8.82. The Morgan fingerprint density at radius 3 is 2.29 bits per heavy atom. The van der Waals surface area contributed by atoms with Crippen LogP contribution in [0.25, 0.3) is 0 Å². The summed E-state index contributed by atoms with van der Waals surface area (Å²) in [5.74, 6) is 1.71. The van der Waals surface area contributed by atoms with Crippen molar-refractivity contribution in [2.45, 2.75) is 32.7 Å². The number of carbonyl (C=O) groups excluding carboxylic acids is 1. The van der Waals surface area contributed by atoms with Crippen LogP contribution in [0.3, 0.4) is 0 Å². The molecular weight excluding hydrogens is 352 g/mol. The highest BCUT2D eigenvalue weighted by Crippen LogP contribution is 2.24. The van der Waals surface area contributed by atoms with Gasteiger partial charge in [-0.15, -0.1) is 0 Å². The Morgan fingerprint density at radius 2 is 1.64 bits per heavy atom. The number of carbonyl (C=O) groups is 1. The fourth-order valence-electron chi connectivity index (χ4n) is 3.36. The standard InChI is InChI=1S/C23H32N2O3/c1-5-25(6-2)22(19-10-8-12-21(16-19)28-4)17-24-23(26)14-13-18-9-7-11-20(15-18)27-3/h7-12,15-16,22H,5-6,13-14,17H2,1-4H3,(H,24,26). The molecule has 0 aliphatic carbocycles. The smallest absolute Gasteiger partial charge is 0.220 e. The van der Waals surface area contributed by atoms with Crippen LogP contribution in [0.4, 0.5) is 0 Å². The lowest BCUT2D eigenvalue weighted by atomic mass is 10.0. The Hall–Kier alpha value is -2.53. The first-order chi connectivity index (χ1) is 13.6. The van der Waals surface area contributed by atoms with Gasteiger partial charge in [0.05, 0.1) is 20.3 Å². The molecule has 0 aliphatic rings. The number of aryl methyl sites for hydroxylation is 1. The van der Waals surface area contributed by atoms with Gasteiger partial charge in [-0.3, -0.25) is 9.69 Å². The average Bonchev–Trinajstić information content (AvgIpc) is 2.75. The largest absolute Gasteiger partial charge is 0.497 e. The van der Waals surface area contributed by atoms with Crippen LogP contribution in [0.15, 0.2) is 48.5 Å². The van der Waals surface area contributed by atoms with Crippen molar-refractivity contribution in [3.8, 4) is 11.5 Å². The first-order valence-corrected chi connectivity index (χ1v) is 9.88. The van der Waals surface area contributed by atoms with Gasteiger partial charge in [-0.25, -0.2) is 0 Å². The van der Waals surface area contributed by atoms with Crippen LogP contribution in [-0.4, -0.2) is 44.7 Å². The minimum atomic E-state index is 0.0582. The second-order valence-corrected chi connectivity index (χ2v) is 6.67. The molecule has 0 aromatic heterocycles. The van der Waals surface area contributed by atoms with Gasteiger partial charge in [0.25, 0.3) is 0 Å². The summed E-state index contributed by atoms with van der Waals surface area (Å²) in [5, 5.41) is 3.11. The minimum absolute atomic E-state index is 0.0582. The molecule has 2 aromatic carbocycles. The normalized spacial score (nSPS) is 11.9. The zero-order chi connectivity index (χ0) is 20.4. The zero-order valence-electron chi connectivity index (χ0n) is 17.4. The Labute approximate surface area is 168 Å². The molecule has 0 bridgehead atoms. The third kappa shape index (κ3) is 6.27. The third-order valence-electron chi connectivity index (χ3n) is 5.00. The SMILES string of the molecule is CCN(CC)C(CNC(=O)CCc1cccc(OC)c1)c1cccc(OC)c1. The van der Waals surface area contributed by atoms with E-state index in [0.717, 1.165) is 35.7 Å². The van der Waals surface area contributed by atoms with Crippen molar-refractivity contribution in [2.24, 2.45) is 0 Å². The number of ether oxygens (including phenoxy) is 2. The summed E-state index contributed by atoms with van der Waals surface area (Å²) < 4.78 is 10.6. The summed E-state index contributed by atoms with van der Waals surface area (Å²) in [4.78, 5) is 14.8. The van der Waals surface area contributed by atoms with Crippen molar-refractivity contribution in [3.05, 3.63) is 59.7 Å². The second kappa shape index (κ2) is 11.3. The van der Waals surface area contributed by atoms with Crippen molar-refractivity contribution in [3.63, 3.8) is 0 Å². The van der Waals surface area contributed by atoms with E-state index in [1.807, 2.05) is 42.5 Å². The highest BCUT2D eigenvalue weighted by Gasteiger charge is 2.19. The highest BCUT2D eigenvalue weighted by atomic mass is 16.5. The molecule has 152 valence electrons. The number of benzene rings is 2. The van der Waals surface area contributed by atoms with Crippen molar-refractivity contribution in [1.82, 2.24) is 10.2 Å². The van der Waals surface area contributed by atoms with E-state index in [1.165, 1.54) is 0 Å². The average molecular weight is 385 g/mol. The van der Waals surface area contributed by atoms with Crippen molar-refractivity contribution in [2.75, 3.05) is 33.9 Å². The topological polar surface area (TPSA) is 50.8 Å². The summed E-state index contributed by atoms with van der Waals surface area (Å²) >= 11 is 0. The molecule has 0 saturated carbocycles. The molecule has 1 amide bonds. The number of hydrogen-bond acceptors (Lipinski definition) is 4. The number of methoxy groups -OCH3 is 2. The molecule has 5 heteroatoms. The molecule has 5 nitrogen and oxygen atoms in total. The molecule has 0 spiro atoms. The minimum Gasteiger partial charge on any atom is -0.497 e. The fraction of sp³-hybridized carbons (Fsp3) is 0.435. The maximum absolute atomic E-state index is 12.4. The zero-order valence-corrected chi connectivity index (χ0v) is 17.4. The van der Waals surface area contributed by atoms with Crippen molar-refractivity contribution in [1.29, 1.82) is 0 Å². The van der Waals surface area contributed by atoms with E-state index >= 15 is 0 Å². The molecule has 0 heterocycles. The van der Waals surface area contributed by atoms with Gasteiger partial charge in [-0.05, 0) is 54.9 Å². The van der Waals surface area contributed by atoms with Gasteiger partial charge in [0, 0.05) is 13.0 Å². The molecule has 0 fully saturated rings. The van der Waals surface area contributed by atoms with E-state index in [0.29, 0.717) is 19.4 Å². The monoisotopic (exact) mass is 384 g/mol. The van der Waals surface area contributed by atoms with E-state index in [2.05, 4.69) is 30.1 Å². The van der Waals surface area contributed by atoms with E-state index in [-0.39, 0.29) is 11.9 Å². The van der Waals surface area contributed by atoms with E-state index in [1.54, 1.807) is 14.2 Å². The maximum Gasteiger partial charge on any atom is 0.220 e. The predicted molar refractivity (Wildman–Crippen MR) is 113 cm³/mol. The van der Waals surface area contributed by atoms with Gasteiger partial charge in [0.15, 0.2) is 0 Å². The highest BCUT2D eigenvalue weighted by molar-refractivity contribution is 5.76. The van der Waals surface area contributed by atoms with Crippen LogP contribution >= 0.6 is 0 Å². The fourth-order valence-corrected chi connectivity index (χ4v) is 3.36. The van der Waals surface area contributed by atoms with E-state index < -0.39 is 0 Å². The second-order valence-electron chi connectivity index (χ2n) is 6.67. The number of nitrogens with zero attached hydrogens (tertiary/aromatic N) is 1. The Bertz CT molecular complexity index is 744. The number of nitrogens with one attached hydrogen (secondary N) is 1. The van der Waals surface area contributed by atoms with Crippen molar-refractivity contribution >= 4 is 5.91 Å². The van der Waals surface area contributed by atoms with Gasteiger partial charge in [0.1, 0.15) is 11.5 Å². The lowest BCUT2D eigenvalue weighted by Gasteiger charge is -2.30. The summed E-state index contributed by atoms with van der Waals surface area (Å²) in [7, 11) is 3.32. The first-order valence-electron chi connectivity index (χ1n) is 9.88. The Balaban J connectivity index is 1.98. The predicted octanol–water partition coefficient (Wildman–Crippen LogP) is 3.84. The van der Waals surface area contributed by atoms with Gasteiger partial charge < -0.3 is 14.8 Å². The number of rotatable bonds is 11. The molecular formula is C23H32N2O3. The van der Waals surface area contributed by atoms with Gasteiger partial charge in [0.2, 0.25) is 5.91 Å². The van der Waals surface area contributed by atoms with Crippen LogP contribution in [0.5, 0.6) is 11.5 Å². The number of hydrogen-bond donors (Lipinski definition) is 1. The van der Waals surface area contributed by atoms with Crippen LogP contribution in [0.2, 0.25) is 0 Å². The van der Waals surface area contributed by atoms with Crippen LogP contribution in [0.1, 0.15) is 37.4 Å². The molecule has 0 saturated heterocycles. The molecule has 0 aliphatic heterocycles. The molecule has 1 unspecified atom stereocenters. The van der Waals surface area contributed by atoms with Gasteiger partial charge in [-0.1, -0.05) is 38.1 Å². The molecule has 1 atom stereocenters. The van der Waals surface area contributed by atoms with Crippen LogP contribution in [0, 0.1) is 0 Å². The Morgan fingerprint density at radius 1 is 1.00 bits per heavy atom. The summed E-state index contributed by atoms with van der Waals surface area (Å²) in [5.41, 5.74) is 2.25. The lowest BCUT2D eigenvalue weighted by Crippen LogP contribution is -2.38. The molecule has 2 aromatic rings. The van der Waals surface area contributed by atoms with Gasteiger partial charge >= 0.3 is 0 Å². The summed E-state index contributed by atoms with van der Waals surface area (Å²) in [6.07, 6.45) is 1.15. The van der Waals surface area contributed by atoms with E-state index in [9.17, 15) is 4.79 Å².